The molecule has 0 radical (unpaired) electrons. The number of rotatable bonds is 6. The van der Waals surface area contributed by atoms with Crippen molar-refractivity contribution in [2.24, 2.45) is 0 Å². The number of hydrogen-bond acceptors (Lipinski definition) is 2. The van der Waals surface area contributed by atoms with E-state index in [9.17, 15) is 9.90 Å². The number of benzene rings is 1. The van der Waals surface area contributed by atoms with Crippen molar-refractivity contribution >= 4 is 21.8 Å². The summed E-state index contributed by atoms with van der Waals surface area (Å²) in [4.78, 5) is 14.3. The first-order valence-electron chi connectivity index (χ1n) is 6.76. The zero-order valence-electron chi connectivity index (χ0n) is 11.8. The van der Waals surface area contributed by atoms with Gasteiger partial charge in [-0.2, -0.15) is 0 Å². The molecule has 0 aliphatic carbocycles. The van der Waals surface area contributed by atoms with E-state index in [4.69, 9.17) is 0 Å². The summed E-state index contributed by atoms with van der Waals surface area (Å²) in [6.07, 6.45) is 3.28. The molecule has 0 aromatic heterocycles. The van der Waals surface area contributed by atoms with E-state index >= 15 is 0 Å². The lowest BCUT2D eigenvalue weighted by Crippen LogP contribution is -2.37. The zero-order valence-corrected chi connectivity index (χ0v) is 13.4. The second-order valence-corrected chi connectivity index (χ2v) is 5.82. The van der Waals surface area contributed by atoms with Gasteiger partial charge in [0, 0.05) is 18.2 Å². The minimum atomic E-state index is -0.0195. The van der Waals surface area contributed by atoms with Crippen LogP contribution in [0.5, 0.6) is 5.75 Å². The van der Waals surface area contributed by atoms with E-state index in [1.165, 1.54) is 6.07 Å². The van der Waals surface area contributed by atoms with Crippen molar-refractivity contribution in [3.05, 3.63) is 28.2 Å². The van der Waals surface area contributed by atoms with Crippen molar-refractivity contribution in [3.8, 4) is 5.75 Å². The Kier molecular flexibility index (Phi) is 6.35. The molecular weight excluding hydrogens is 306 g/mol. The first-order valence-corrected chi connectivity index (χ1v) is 7.56. The highest BCUT2D eigenvalue weighted by Gasteiger charge is 2.19. The number of halogens is 1. The van der Waals surface area contributed by atoms with Crippen molar-refractivity contribution < 1.29 is 9.90 Å². The molecule has 1 aromatic rings. The normalized spacial score (nSPS) is 10.8. The molecule has 0 aliphatic heterocycles. The predicted molar refractivity (Wildman–Crippen MR) is 81.5 cm³/mol. The number of nitrogens with zero attached hydrogens (tertiary/aromatic N) is 1. The Morgan fingerprint density at radius 1 is 1.37 bits per heavy atom. The van der Waals surface area contributed by atoms with Crippen LogP contribution in [0.2, 0.25) is 0 Å². The molecule has 1 N–H and O–H groups in total. The fraction of sp³-hybridized carbons (Fsp3) is 0.533. The van der Waals surface area contributed by atoms with Gasteiger partial charge in [-0.05, 0) is 54.4 Å². The minimum absolute atomic E-state index is 0.0195. The third-order valence-corrected chi connectivity index (χ3v) is 3.75. The molecule has 19 heavy (non-hydrogen) atoms. The lowest BCUT2D eigenvalue weighted by Gasteiger charge is -2.27. The Balaban J connectivity index is 2.83. The molecule has 0 saturated carbocycles. The Morgan fingerprint density at radius 2 is 2.05 bits per heavy atom. The SMILES string of the molecule is CCCCCN(C(=O)c1ccc(Br)c(O)c1)C(C)C. The highest BCUT2D eigenvalue weighted by atomic mass is 79.9. The smallest absolute Gasteiger partial charge is 0.254 e. The van der Waals surface area contributed by atoms with Crippen LogP contribution < -0.4 is 0 Å². The summed E-state index contributed by atoms with van der Waals surface area (Å²) in [7, 11) is 0. The predicted octanol–water partition coefficient (Wildman–Crippen LogP) is 4.20. The maximum atomic E-state index is 12.4. The van der Waals surface area contributed by atoms with Crippen molar-refractivity contribution in [1.29, 1.82) is 0 Å². The molecule has 1 aromatic carbocycles. The number of unbranched alkanes of at least 4 members (excludes halogenated alkanes) is 2. The number of phenols is 1. The molecule has 0 heterocycles. The Labute approximate surface area is 123 Å². The van der Waals surface area contributed by atoms with Crippen LogP contribution in [-0.4, -0.2) is 28.5 Å². The van der Waals surface area contributed by atoms with Crippen LogP contribution in [0.4, 0.5) is 0 Å². The summed E-state index contributed by atoms with van der Waals surface area (Å²) in [6.45, 7) is 6.95. The van der Waals surface area contributed by atoms with Gasteiger partial charge in [-0.1, -0.05) is 19.8 Å². The highest BCUT2D eigenvalue weighted by molar-refractivity contribution is 9.10. The van der Waals surface area contributed by atoms with Crippen molar-refractivity contribution in [2.45, 2.75) is 46.1 Å². The summed E-state index contributed by atoms with van der Waals surface area (Å²) >= 11 is 3.22. The molecule has 3 nitrogen and oxygen atoms in total. The lowest BCUT2D eigenvalue weighted by molar-refractivity contribution is 0.0702. The highest BCUT2D eigenvalue weighted by Crippen LogP contribution is 2.25. The molecule has 0 bridgehead atoms. The second-order valence-electron chi connectivity index (χ2n) is 4.97. The number of amides is 1. The molecule has 0 unspecified atom stereocenters. The minimum Gasteiger partial charge on any atom is -0.507 e. The maximum absolute atomic E-state index is 12.4. The van der Waals surface area contributed by atoms with Crippen LogP contribution in [0.15, 0.2) is 22.7 Å². The van der Waals surface area contributed by atoms with Gasteiger partial charge in [-0.15, -0.1) is 0 Å². The van der Waals surface area contributed by atoms with Crippen LogP contribution in [0.25, 0.3) is 0 Å². The molecule has 0 aliphatic rings. The van der Waals surface area contributed by atoms with Crippen LogP contribution in [0.3, 0.4) is 0 Å². The fourth-order valence-electron chi connectivity index (χ4n) is 1.94. The molecule has 0 saturated heterocycles. The summed E-state index contributed by atoms with van der Waals surface area (Å²) in [6, 6.07) is 5.12. The van der Waals surface area contributed by atoms with E-state index in [2.05, 4.69) is 22.9 Å². The van der Waals surface area contributed by atoms with Gasteiger partial charge in [-0.25, -0.2) is 0 Å². The third kappa shape index (κ3) is 4.53. The first-order chi connectivity index (χ1) is 8.97. The van der Waals surface area contributed by atoms with Crippen LogP contribution in [0.1, 0.15) is 50.4 Å². The van der Waals surface area contributed by atoms with Gasteiger partial charge in [0.25, 0.3) is 5.91 Å². The van der Waals surface area contributed by atoms with Gasteiger partial charge >= 0.3 is 0 Å². The van der Waals surface area contributed by atoms with Gasteiger partial charge in [-0.3, -0.25) is 4.79 Å². The monoisotopic (exact) mass is 327 g/mol. The maximum Gasteiger partial charge on any atom is 0.254 e. The van der Waals surface area contributed by atoms with E-state index in [-0.39, 0.29) is 17.7 Å². The quantitative estimate of drug-likeness (QED) is 0.795. The van der Waals surface area contributed by atoms with Gasteiger partial charge in [0.1, 0.15) is 5.75 Å². The third-order valence-electron chi connectivity index (χ3n) is 3.08. The summed E-state index contributed by atoms with van der Waals surface area (Å²) < 4.78 is 0.603. The van der Waals surface area contributed by atoms with E-state index in [1.54, 1.807) is 12.1 Å². The molecule has 4 heteroatoms. The molecule has 0 atom stereocenters. The summed E-state index contributed by atoms with van der Waals surface area (Å²) in [5, 5.41) is 9.67. The van der Waals surface area contributed by atoms with Gasteiger partial charge < -0.3 is 10.0 Å². The van der Waals surface area contributed by atoms with Crippen molar-refractivity contribution in [3.63, 3.8) is 0 Å². The Bertz CT molecular complexity index is 432. The van der Waals surface area contributed by atoms with Crippen molar-refractivity contribution in [1.82, 2.24) is 4.90 Å². The second kappa shape index (κ2) is 7.53. The average Bonchev–Trinajstić information content (AvgIpc) is 2.37. The number of carbonyl (C=O) groups excluding carboxylic acids is 1. The molecule has 1 amide bonds. The standard InChI is InChI=1S/C15H22BrNO2/c1-4-5-6-9-17(11(2)3)15(19)12-7-8-13(16)14(18)10-12/h7-8,10-11,18H,4-6,9H2,1-3H3. The fourth-order valence-corrected chi connectivity index (χ4v) is 2.18. The molecule has 106 valence electrons. The number of aromatic hydroxyl groups is 1. The first kappa shape index (κ1) is 16.0. The molecule has 1 rings (SSSR count). The van der Waals surface area contributed by atoms with Crippen LogP contribution >= 0.6 is 15.9 Å². The molecule has 0 fully saturated rings. The summed E-state index contributed by atoms with van der Waals surface area (Å²) in [5.74, 6) is 0.0806. The van der Waals surface area contributed by atoms with E-state index in [0.717, 1.165) is 25.8 Å². The molecule has 0 spiro atoms. The summed E-state index contributed by atoms with van der Waals surface area (Å²) in [5.41, 5.74) is 0.533. The largest absolute Gasteiger partial charge is 0.507 e. The van der Waals surface area contributed by atoms with E-state index in [1.807, 2.05) is 18.7 Å². The van der Waals surface area contributed by atoms with Crippen LogP contribution in [-0.2, 0) is 0 Å². The van der Waals surface area contributed by atoms with Gasteiger partial charge in [0.2, 0.25) is 0 Å². The number of hydrogen-bond donors (Lipinski definition) is 1. The zero-order chi connectivity index (χ0) is 14.4. The van der Waals surface area contributed by atoms with Gasteiger partial charge in [0.15, 0.2) is 0 Å². The van der Waals surface area contributed by atoms with Crippen molar-refractivity contribution in [2.75, 3.05) is 6.54 Å². The average molecular weight is 328 g/mol. The van der Waals surface area contributed by atoms with Crippen LogP contribution in [0, 0.1) is 0 Å². The van der Waals surface area contributed by atoms with E-state index in [0.29, 0.717) is 10.0 Å². The topological polar surface area (TPSA) is 40.5 Å². The Morgan fingerprint density at radius 3 is 2.58 bits per heavy atom. The van der Waals surface area contributed by atoms with Gasteiger partial charge in [0.05, 0.1) is 4.47 Å². The Hall–Kier alpha value is -1.03. The van der Waals surface area contributed by atoms with E-state index < -0.39 is 0 Å². The molecular formula is C15H22BrNO2. The lowest BCUT2D eigenvalue weighted by atomic mass is 10.1. The number of phenolic OH excluding ortho intramolecular Hbond substituents is 1. The number of carbonyl (C=O) groups is 1.